The fraction of sp³-hybridized carbons (Fsp3) is 0.600. The summed E-state index contributed by atoms with van der Waals surface area (Å²) in [5.74, 6) is 3.38. The second-order valence-corrected chi connectivity index (χ2v) is 3.62. The van der Waals surface area contributed by atoms with Crippen molar-refractivity contribution >= 4 is 5.87 Å². The number of hydrogen-bond acceptors (Lipinski definition) is 2. The predicted octanol–water partition coefficient (Wildman–Crippen LogP) is 2.39. The number of allylic oxidation sites excluding steroid dienone is 1. The van der Waals surface area contributed by atoms with Crippen LogP contribution in [0, 0.1) is 5.92 Å². The Balaban J connectivity index is 2.81. The summed E-state index contributed by atoms with van der Waals surface area (Å²) in [7, 11) is 0. The quantitative estimate of drug-likeness (QED) is 0.612. The Kier molecular flexibility index (Phi) is 2.72. The van der Waals surface area contributed by atoms with Crippen molar-refractivity contribution in [3.05, 3.63) is 18.1 Å². The summed E-state index contributed by atoms with van der Waals surface area (Å²) in [6.45, 7) is 8.58. The average Bonchev–Trinajstić information content (AvgIpc) is 2.04. The van der Waals surface area contributed by atoms with Crippen LogP contribution in [-0.2, 0) is 0 Å². The van der Waals surface area contributed by atoms with E-state index in [9.17, 15) is 0 Å². The van der Waals surface area contributed by atoms with Gasteiger partial charge < -0.3 is 4.90 Å². The summed E-state index contributed by atoms with van der Waals surface area (Å²) < 4.78 is 0. The van der Waals surface area contributed by atoms with Gasteiger partial charge in [0.2, 0.25) is 0 Å². The van der Waals surface area contributed by atoms with Crippen molar-refractivity contribution in [3.8, 4) is 0 Å². The molecule has 0 unspecified atom stereocenters. The fourth-order valence-electron chi connectivity index (χ4n) is 0.965. The van der Waals surface area contributed by atoms with Gasteiger partial charge in [0.15, 0.2) is 0 Å². The minimum Gasteiger partial charge on any atom is -0.342 e. The maximum Gasteiger partial charge on any atom is 0.0691 e. The van der Waals surface area contributed by atoms with Crippen molar-refractivity contribution in [1.82, 2.24) is 4.90 Å². The zero-order valence-electron chi connectivity index (χ0n) is 8.20. The molecule has 0 aromatic carbocycles. The van der Waals surface area contributed by atoms with Crippen LogP contribution in [0.5, 0.6) is 0 Å². The molecule has 0 amide bonds. The standard InChI is InChI=1S/C10H16N2/c1-8(2)10-7-12(9(3)4)6-5-11-10/h6-9H,1-4H3. The molecule has 12 heavy (non-hydrogen) atoms. The largest absolute Gasteiger partial charge is 0.342 e. The number of nitrogens with zero attached hydrogens (tertiary/aromatic N) is 2. The first-order valence-corrected chi connectivity index (χ1v) is 4.40. The average molecular weight is 164 g/mol. The number of aliphatic imine (C=N–C) groups is 1. The molecule has 0 atom stereocenters. The van der Waals surface area contributed by atoms with E-state index in [4.69, 9.17) is 0 Å². The zero-order valence-corrected chi connectivity index (χ0v) is 8.20. The Morgan fingerprint density at radius 1 is 1.33 bits per heavy atom. The first-order valence-electron chi connectivity index (χ1n) is 4.40. The van der Waals surface area contributed by atoms with E-state index in [1.165, 1.54) is 0 Å². The number of rotatable bonds is 2. The highest BCUT2D eigenvalue weighted by atomic mass is 15.1. The maximum atomic E-state index is 4.18. The molecule has 0 radical (unpaired) electrons. The molecule has 1 aliphatic rings. The molecule has 0 aliphatic carbocycles. The molecule has 0 spiro atoms. The summed E-state index contributed by atoms with van der Waals surface area (Å²) in [5.41, 5.74) is 1.10. The highest BCUT2D eigenvalue weighted by Gasteiger charge is 2.08. The van der Waals surface area contributed by atoms with Gasteiger partial charge in [-0.2, -0.15) is 0 Å². The lowest BCUT2D eigenvalue weighted by Crippen LogP contribution is -2.21. The molecule has 2 heteroatoms. The predicted molar refractivity (Wildman–Crippen MR) is 51.9 cm³/mol. The van der Waals surface area contributed by atoms with E-state index < -0.39 is 0 Å². The van der Waals surface area contributed by atoms with Gasteiger partial charge in [0.05, 0.1) is 11.9 Å². The molecule has 0 bridgehead atoms. The smallest absolute Gasteiger partial charge is 0.0691 e. The minimum atomic E-state index is 0.479. The second-order valence-electron chi connectivity index (χ2n) is 3.62. The van der Waals surface area contributed by atoms with Gasteiger partial charge in [0.1, 0.15) is 0 Å². The Labute approximate surface area is 74.3 Å². The monoisotopic (exact) mass is 164 g/mol. The second kappa shape index (κ2) is 3.59. The normalized spacial score (nSPS) is 16.2. The summed E-state index contributed by atoms with van der Waals surface area (Å²) in [6.07, 6.45) is 3.97. The zero-order chi connectivity index (χ0) is 9.14. The van der Waals surface area contributed by atoms with Crippen LogP contribution in [0.2, 0.25) is 0 Å². The lowest BCUT2D eigenvalue weighted by atomic mass is 10.1. The molecule has 0 fully saturated rings. The Morgan fingerprint density at radius 2 is 2.00 bits per heavy atom. The Hall–Kier alpha value is -1.01. The number of hydrogen-bond donors (Lipinski definition) is 0. The molecule has 1 rings (SSSR count). The molecule has 2 nitrogen and oxygen atoms in total. The van der Waals surface area contributed by atoms with Crippen molar-refractivity contribution in [2.45, 2.75) is 33.7 Å². The first kappa shape index (κ1) is 9.08. The van der Waals surface area contributed by atoms with Crippen molar-refractivity contribution in [2.75, 3.05) is 0 Å². The van der Waals surface area contributed by atoms with Crippen LogP contribution >= 0.6 is 0 Å². The van der Waals surface area contributed by atoms with Gasteiger partial charge in [-0.3, -0.25) is 0 Å². The van der Waals surface area contributed by atoms with Crippen LogP contribution in [0.4, 0.5) is 0 Å². The minimum absolute atomic E-state index is 0.479. The molecule has 0 saturated carbocycles. The third kappa shape index (κ3) is 1.99. The van der Waals surface area contributed by atoms with E-state index in [0.717, 1.165) is 5.70 Å². The van der Waals surface area contributed by atoms with Gasteiger partial charge in [-0.05, 0) is 19.8 Å². The molecule has 0 N–H and O–H groups in total. The molecule has 0 aromatic rings. The lowest BCUT2D eigenvalue weighted by molar-refractivity contribution is 0.410. The molecule has 1 aliphatic heterocycles. The molecule has 1 heterocycles. The summed E-state index contributed by atoms with van der Waals surface area (Å²) in [5, 5.41) is 0. The van der Waals surface area contributed by atoms with E-state index in [2.05, 4.69) is 49.7 Å². The molecule has 0 saturated heterocycles. The Morgan fingerprint density at radius 3 is 2.50 bits per heavy atom. The SMILES string of the molecule is CC(C)C1=CN(C(C)C)C=C=N1. The first-order chi connectivity index (χ1) is 5.61. The summed E-state index contributed by atoms with van der Waals surface area (Å²) in [6, 6.07) is 0.488. The van der Waals surface area contributed by atoms with Gasteiger partial charge in [0, 0.05) is 18.1 Å². The van der Waals surface area contributed by atoms with Gasteiger partial charge in [-0.1, -0.05) is 13.8 Å². The highest BCUT2D eigenvalue weighted by Crippen LogP contribution is 2.15. The van der Waals surface area contributed by atoms with E-state index >= 15 is 0 Å². The van der Waals surface area contributed by atoms with Crippen LogP contribution in [0.15, 0.2) is 23.1 Å². The van der Waals surface area contributed by atoms with Gasteiger partial charge in [-0.25, -0.2) is 4.99 Å². The van der Waals surface area contributed by atoms with Crippen LogP contribution in [0.3, 0.4) is 0 Å². The van der Waals surface area contributed by atoms with Crippen LogP contribution in [0.25, 0.3) is 0 Å². The molecule has 0 aromatic heterocycles. The third-order valence-corrected chi connectivity index (χ3v) is 1.87. The van der Waals surface area contributed by atoms with Crippen LogP contribution in [-0.4, -0.2) is 16.8 Å². The highest BCUT2D eigenvalue weighted by molar-refractivity contribution is 5.55. The van der Waals surface area contributed by atoms with Crippen molar-refractivity contribution in [2.24, 2.45) is 10.9 Å². The van der Waals surface area contributed by atoms with E-state index in [0.29, 0.717) is 12.0 Å². The molecule has 66 valence electrons. The van der Waals surface area contributed by atoms with Gasteiger partial charge in [-0.15, -0.1) is 0 Å². The van der Waals surface area contributed by atoms with Crippen molar-refractivity contribution < 1.29 is 0 Å². The Bertz CT molecular complexity index is 243. The van der Waals surface area contributed by atoms with Crippen LogP contribution in [0.1, 0.15) is 27.7 Å². The maximum absolute atomic E-state index is 4.18. The fourth-order valence-corrected chi connectivity index (χ4v) is 0.965. The topological polar surface area (TPSA) is 15.6 Å². The van der Waals surface area contributed by atoms with E-state index in [-0.39, 0.29) is 0 Å². The van der Waals surface area contributed by atoms with Crippen LogP contribution < -0.4 is 0 Å². The molecular formula is C10H16N2. The molecular weight excluding hydrogens is 148 g/mol. The third-order valence-electron chi connectivity index (χ3n) is 1.87. The summed E-state index contributed by atoms with van der Waals surface area (Å²) >= 11 is 0. The van der Waals surface area contributed by atoms with E-state index in [1.54, 1.807) is 0 Å². The van der Waals surface area contributed by atoms with E-state index in [1.807, 2.05) is 6.20 Å². The lowest BCUT2D eigenvalue weighted by Gasteiger charge is -2.22. The van der Waals surface area contributed by atoms with Gasteiger partial charge >= 0.3 is 0 Å². The van der Waals surface area contributed by atoms with Gasteiger partial charge in [0.25, 0.3) is 0 Å². The summed E-state index contributed by atoms with van der Waals surface area (Å²) in [4.78, 5) is 6.30. The van der Waals surface area contributed by atoms with Crippen molar-refractivity contribution in [3.63, 3.8) is 0 Å². The van der Waals surface area contributed by atoms with Crippen molar-refractivity contribution in [1.29, 1.82) is 0 Å².